The van der Waals surface area contributed by atoms with Crippen LogP contribution in [0.25, 0.3) is 0 Å². The average molecular weight is 223 g/mol. The Kier molecular flexibility index (Phi) is 2.89. The second-order valence-electron chi connectivity index (χ2n) is 3.72. The average Bonchev–Trinajstić information content (AvgIpc) is 2.97. The molecule has 1 N–H and O–H groups in total. The summed E-state index contributed by atoms with van der Waals surface area (Å²) in [5.74, 6) is -0.119. The van der Waals surface area contributed by atoms with Gasteiger partial charge in [-0.3, -0.25) is 9.59 Å². The molecule has 1 aliphatic heterocycles. The molecule has 2 amide bonds. The fraction of sp³-hybridized carbons (Fsp3) is 0.500. The van der Waals surface area contributed by atoms with E-state index in [4.69, 9.17) is 4.42 Å². The molecule has 6 nitrogen and oxygen atoms in total. The Bertz CT molecular complexity index is 388. The van der Waals surface area contributed by atoms with E-state index >= 15 is 0 Å². The van der Waals surface area contributed by atoms with E-state index in [1.807, 2.05) is 0 Å². The van der Waals surface area contributed by atoms with Crippen molar-refractivity contribution in [2.75, 3.05) is 20.1 Å². The molecule has 1 fully saturated rings. The van der Waals surface area contributed by atoms with Crippen molar-refractivity contribution < 1.29 is 14.0 Å². The summed E-state index contributed by atoms with van der Waals surface area (Å²) in [7, 11) is 1.60. The van der Waals surface area contributed by atoms with E-state index in [0.29, 0.717) is 19.5 Å². The van der Waals surface area contributed by atoms with Gasteiger partial charge in [-0.1, -0.05) is 0 Å². The van der Waals surface area contributed by atoms with Crippen molar-refractivity contribution in [3.63, 3.8) is 0 Å². The Morgan fingerprint density at radius 3 is 3.06 bits per heavy atom. The van der Waals surface area contributed by atoms with Gasteiger partial charge in [0.25, 0.3) is 5.91 Å². The zero-order chi connectivity index (χ0) is 11.5. The highest BCUT2D eigenvalue weighted by molar-refractivity contribution is 5.92. The fourth-order valence-electron chi connectivity index (χ4n) is 1.84. The van der Waals surface area contributed by atoms with Crippen LogP contribution in [0.3, 0.4) is 0 Å². The van der Waals surface area contributed by atoms with Crippen molar-refractivity contribution in [1.29, 1.82) is 0 Å². The normalized spacial score (nSPS) is 19.8. The van der Waals surface area contributed by atoms with Crippen molar-refractivity contribution in [3.05, 3.63) is 18.4 Å². The second-order valence-corrected chi connectivity index (χ2v) is 3.72. The van der Waals surface area contributed by atoms with E-state index in [0.717, 1.165) is 0 Å². The van der Waals surface area contributed by atoms with Crippen LogP contribution in [0, 0.1) is 5.92 Å². The number of carbonyl (C=O) groups excluding carboxylic acids is 2. The quantitative estimate of drug-likeness (QED) is 0.758. The molecule has 1 saturated heterocycles. The predicted octanol–water partition coefficient (Wildman–Crippen LogP) is -0.117. The number of nitrogens with zero attached hydrogens (tertiary/aromatic N) is 2. The molecule has 0 radical (unpaired) electrons. The molecule has 0 bridgehead atoms. The Balaban J connectivity index is 1.99. The Morgan fingerprint density at radius 1 is 1.62 bits per heavy atom. The summed E-state index contributed by atoms with van der Waals surface area (Å²) in [5.41, 5.74) is 0. The van der Waals surface area contributed by atoms with Gasteiger partial charge in [0, 0.05) is 20.1 Å². The van der Waals surface area contributed by atoms with Gasteiger partial charge in [-0.05, 0) is 6.42 Å². The SMILES string of the molecule is CNC(=O)[C@@H]1CCN(C(=O)c2cnco2)C1. The van der Waals surface area contributed by atoms with Gasteiger partial charge in [0.2, 0.25) is 11.7 Å². The smallest absolute Gasteiger partial charge is 0.291 e. The van der Waals surface area contributed by atoms with Crippen LogP contribution in [0.1, 0.15) is 17.0 Å². The van der Waals surface area contributed by atoms with Crippen LogP contribution in [0.2, 0.25) is 0 Å². The lowest BCUT2D eigenvalue weighted by Gasteiger charge is -2.13. The van der Waals surface area contributed by atoms with Crippen LogP contribution >= 0.6 is 0 Å². The lowest BCUT2D eigenvalue weighted by atomic mass is 10.1. The summed E-state index contributed by atoms with van der Waals surface area (Å²) in [6, 6.07) is 0. The Morgan fingerprint density at radius 2 is 2.44 bits per heavy atom. The topological polar surface area (TPSA) is 75.4 Å². The van der Waals surface area contributed by atoms with Crippen molar-refractivity contribution >= 4 is 11.8 Å². The monoisotopic (exact) mass is 223 g/mol. The zero-order valence-electron chi connectivity index (χ0n) is 8.97. The lowest BCUT2D eigenvalue weighted by Crippen LogP contribution is -2.32. The number of rotatable bonds is 2. The van der Waals surface area contributed by atoms with Crippen LogP contribution in [-0.4, -0.2) is 41.8 Å². The predicted molar refractivity (Wildman–Crippen MR) is 54.6 cm³/mol. The van der Waals surface area contributed by atoms with Gasteiger partial charge in [0.15, 0.2) is 6.39 Å². The van der Waals surface area contributed by atoms with Gasteiger partial charge < -0.3 is 14.6 Å². The number of likely N-dealkylation sites (tertiary alicyclic amines) is 1. The van der Waals surface area contributed by atoms with E-state index in [2.05, 4.69) is 10.3 Å². The number of carbonyl (C=O) groups is 2. The molecule has 0 unspecified atom stereocenters. The number of aromatic nitrogens is 1. The first-order valence-electron chi connectivity index (χ1n) is 5.11. The van der Waals surface area contributed by atoms with Gasteiger partial charge in [-0.25, -0.2) is 4.98 Å². The molecule has 1 aromatic heterocycles. The molecular formula is C10H13N3O3. The molecule has 86 valence electrons. The maximum Gasteiger partial charge on any atom is 0.291 e. The minimum Gasteiger partial charge on any atom is -0.438 e. The molecule has 16 heavy (non-hydrogen) atoms. The molecule has 6 heteroatoms. The standard InChI is InChI=1S/C10H13N3O3/c1-11-9(14)7-2-3-13(5-7)10(15)8-4-12-6-16-8/h4,6-7H,2-3,5H2,1H3,(H,11,14)/t7-/m1/s1. The molecule has 1 aromatic rings. The number of amides is 2. The summed E-state index contributed by atoms with van der Waals surface area (Å²) < 4.78 is 4.93. The minimum atomic E-state index is -0.205. The first-order chi connectivity index (χ1) is 7.72. The Hall–Kier alpha value is -1.85. The molecule has 0 saturated carbocycles. The summed E-state index contributed by atoms with van der Waals surface area (Å²) in [6.45, 7) is 1.02. The van der Waals surface area contributed by atoms with Gasteiger partial charge in [0.05, 0.1) is 12.1 Å². The zero-order valence-corrected chi connectivity index (χ0v) is 8.97. The molecule has 1 aliphatic rings. The minimum absolute atomic E-state index is 0.0205. The highest BCUT2D eigenvalue weighted by Gasteiger charge is 2.31. The third-order valence-electron chi connectivity index (χ3n) is 2.74. The maximum atomic E-state index is 11.8. The first kappa shape index (κ1) is 10.7. The van der Waals surface area contributed by atoms with E-state index in [1.165, 1.54) is 12.6 Å². The number of hydrogen-bond acceptors (Lipinski definition) is 4. The van der Waals surface area contributed by atoms with Gasteiger partial charge in [-0.2, -0.15) is 0 Å². The van der Waals surface area contributed by atoms with Crippen LogP contribution in [0.15, 0.2) is 17.0 Å². The molecule has 2 heterocycles. The van der Waals surface area contributed by atoms with Crippen molar-refractivity contribution in [2.45, 2.75) is 6.42 Å². The largest absolute Gasteiger partial charge is 0.438 e. The highest BCUT2D eigenvalue weighted by Crippen LogP contribution is 2.18. The highest BCUT2D eigenvalue weighted by atomic mass is 16.3. The van der Waals surface area contributed by atoms with Crippen molar-refractivity contribution in [3.8, 4) is 0 Å². The first-order valence-corrected chi connectivity index (χ1v) is 5.11. The fourth-order valence-corrected chi connectivity index (χ4v) is 1.84. The van der Waals surface area contributed by atoms with Gasteiger partial charge >= 0.3 is 0 Å². The van der Waals surface area contributed by atoms with E-state index in [1.54, 1.807) is 11.9 Å². The second kappa shape index (κ2) is 4.34. The number of oxazole rings is 1. The van der Waals surface area contributed by atoms with Crippen molar-refractivity contribution in [1.82, 2.24) is 15.2 Å². The molecule has 2 rings (SSSR count). The van der Waals surface area contributed by atoms with Gasteiger partial charge in [0.1, 0.15) is 0 Å². The third-order valence-corrected chi connectivity index (χ3v) is 2.74. The summed E-state index contributed by atoms with van der Waals surface area (Å²) in [6.07, 6.45) is 3.30. The van der Waals surface area contributed by atoms with Crippen LogP contribution in [0.4, 0.5) is 0 Å². The lowest BCUT2D eigenvalue weighted by molar-refractivity contribution is -0.124. The van der Waals surface area contributed by atoms with Crippen LogP contribution in [-0.2, 0) is 4.79 Å². The summed E-state index contributed by atoms with van der Waals surface area (Å²) in [5, 5.41) is 2.59. The van der Waals surface area contributed by atoms with E-state index in [9.17, 15) is 9.59 Å². The Labute approximate surface area is 92.6 Å². The van der Waals surface area contributed by atoms with Crippen molar-refractivity contribution in [2.24, 2.45) is 5.92 Å². The summed E-state index contributed by atoms with van der Waals surface area (Å²) >= 11 is 0. The molecule has 0 spiro atoms. The molecule has 0 aromatic carbocycles. The number of hydrogen-bond donors (Lipinski definition) is 1. The molecule has 1 atom stereocenters. The molecule has 0 aliphatic carbocycles. The van der Waals surface area contributed by atoms with Gasteiger partial charge in [-0.15, -0.1) is 0 Å². The van der Waals surface area contributed by atoms with E-state index in [-0.39, 0.29) is 23.5 Å². The van der Waals surface area contributed by atoms with Crippen LogP contribution in [0.5, 0.6) is 0 Å². The summed E-state index contributed by atoms with van der Waals surface area (Å²) in [4.78, 5) is 28.5. The van der Waals surface area contributed by atoms with E-state index < -0.39 is 0 Å². The number of nitrogens with one attached hydrogen (secondary N) is 1. The maximum absolute atomic E-state index is 11.8. The van der Waals surface area contributed by atoms with Crippen LogP contribution < -0.4 is 5.32 Å². The molecular weight excluding hydrogens is 210 g/mol. The third kappa shape index (κ3) is 1.91.